The van der Waals surface area contributed by atoms with Crippen LogP contribution in [-0.2, 0) is 9.59 Å². The van der Waals surface area contributed by atoms with E-state index in [0.29, 0.717) is 5.69 Å². The Balaban J connectivity index is 2.70. The SMILES string of the molecule is CN(C(=O)NC(CCC(=O)O)C(=O)O)c1ccc(F)cc1. The van der Waals surface area contributed by atoms with Crippen LogP contribution in [0.4, 0.5) is 14.9 Å². The highest BCUT2D eigenvalue weighted by Gasteiger charge is 2.23. The number of carbonyl (C=O) groups excluding carboxylic acids is 1. The molecule has 1 aromatic rings. The zero-order chi connectivity index (χ0) is 16.0. The van der Waals surface area contributed by atoms with E-state index in [4.69, 9.17) is 10.2 Å². The Bertz CT molecular complexity index is 532. The molecule has 1 aromatic carbocycles. The van der Waals surface area contributed by atoms with Crippen LogP contribution >= 0.6 is 0 Å². The second kappa shape index (κ2) is 7.22. The standard InChI is InChI=1S/C13H15FN2O5/c1-16(9-4-2-8(14)3-5-9)13(21)15-10(12(19)20)6-7-11(17)18/h2-5,10H,6-7H2,1H3,(H,15,21)(H,17,18)(H,19,20). The number of rotatable bonds is 6. The van der Waals surface area contributed by atoms with Gasteiger partial charge >= 0.3 is 18.0 Å². The lowest BCUT2D eigenvalue weighted by Gasteiger charge is -2.21. The first-order chi connectivity index (χ1) is 9.81. The van der Waals surface area contributed by atoms with Crippen molar-refractivity contribution in [3.8, 4) is 0 Å². The lowest BCUT2D eigenvalue weighted by atomic mass is 10.1. The van der Waals surface area contributed by atoms with Gasteiger partial charge in [-0.05, 0) is 30.7 Å². The summed E-state index contributed by atoms with van der Waals surface area (Å²) in [5.41, 5.74) is 0.372. The van der Waals surface area contributed by atoms with Crippen molar-refractivity contribution in [3.05, 3.63) is 30.1 Å². The molecule has 0 heterocycles. The van der Waals surface area contributed by atoms with Crippen molar-refractivity contribution in [3.63, 3.8) is 0 Å². The maximum atomic E-state index is 12.8. The highest BCUT2D eigenvalue weighted by Crippen LogP contribution is 2.13. The van der Waals surface area contributed by atoms with E-state index in [1.807, 2.05) is 0 Å². The average Bonchev–Trinajstić information content (AvgIpc) is 2.42. The molecule has 0 aliphatic carbocycles. The summed E-state index contributed by atoms with van der Waals surface area (Å²) in [6.07, 6.45) is -0.606. The predicted molar refractivity (Wildman–Crippen MR) is 71.6 cm³/mol. The molecule has 3 N–H and O–H groups in total. The van der Waals surface area contributed by atoms with E-state index in [9.17, 15) is 18.8 Å². The number of anilines is 1. The fourth-order valence-corrected chi connectivity index (χ4v) is 1.55. The molecular formula is C13H15FN2O5. The predicted octanol–water partition coefficient (Wildman–Crippen LogP) is 1.29. The van der Waals surface area contributed by atoms with Gasteiger partial charge in [0.1, 0.15) is 11.9 Å². The van der Waals surface area contributed by atoms with E-state index in [0.717, 1.165) is 17.0 Å². The van der Waals surface area contributed by atoms with Gasteiger partial charge in [-0.3, -0.25) is 9.69 Å². The lowest BCUT2D eigenvalue weighted by molar-refractivity contribution is -0.140. The lowest BCUT2D eigenvalue weighted by Crippen LogP contribution is -2.47. The first-order valence-corrected chi connectivity index (χ1v) is 6.05. The first kappa shape index (κ1) is 16.4. The molecule has 0 radical (unpaired) electrons. The number of nitrogens with one attached hydrogen (secondary N) is 1. The third kappa shape index (κ3) is 5.09. The van der Waals surface area contributed by atoms with E-state index >= 15 is 0 Å². The van der Waals surface area contributed by atoms with Gasteiger partial charge in [-0.15, -0.1) is 0 Å². The third-order valence-electron chi connectivity index (χ3n) is 2.76. The zero-order valence-corrected chi connectivity index (χ0v) is 11.2. The third-order valence-corrected chi connectivity index (χ3v) is 2.76. The van der Waals surface area contributed by atoms with Gasteiger partial charge in [0.05, 0.1) is 0 Å². The first-order valence-electron chi connectivity index (χ1n) is 6.05. The number of carbonyl (C=O) groups is 3. The molecule has 21 heavy (non-hydrogen) atoms. The van der Waals surface area contributed by atoms with Crippen LogP contribution in [0.2, 0.25) is 0 Å². The number of amides is 2. The Labute approximate surface area is 120 Å². The van der Waals surface area contributed by atoms with Crippen LogP contribution in [-0.4, -0.2) is 41.3 Å². The van der Waals surface area contributed by atoms with Gasteiger partial charge < -0.3 is 15.5 Å². The Morgan fingerprint density at radius 1 is 1.24 bits per heavy atom. The number of urea groups is 1. The van der Waals surface area contributed by atoms with Crippen LogP contribution in [0.15, 0.2) is 24.3 Å². The minimum Gasteiger partial charge on any atom is -0.481 e. The van der Waals surface area contributed by atoms with Gasteiger partial charge in [0, 0.05) is 19.2 Å². The van der Waals surface area contributed by atoms with Crippen LogP contribution in [0.5, 0.6) is 0 Å². The fraction of sp³-hybridized carbons (Fsp3) is 0.308. The number of benzene rings is 1. The highest BCUT2D eigenvalue weighted by molar-refractivity contribution is 5.94. The average molecular weight is 298 g/mol. The molecule has 0 aliphatic heterocycles. The van der Waals surface area contributed by atoms with Gasteiger partial charge in [0.15, 0.2) is 0 Å². The monoisotopic (exact) mass is 298 g/mol. The van der Waals surface area contributed by atoms with Crippen molar-refractivity contribution in [1.29, 1.82) is 0 Å². The topological polar surface area (TPSA) is 107 Å². The number of halogens is 1. The van der Waals surface area contributed by atoms with Crippen molar-refractivity contribution in [1.82, 2.24) is 5.32 Å². The molecule has 0 saturated heterocycles. The van der Waals surface area contributed by atoms with Gasteiger partial charge in [-0.25, -0.2) is 14.0 Å². The molecule has 114 valence electrons. The number of nitrogens with zero attached hydrogens (tertiary/aromatic N) is 1. The Hall–Kier alpha value is -2.64. The Kier molecular flexibility index (Phi) is 5.65. The summed E-state index contributed by atoms with van der Waals surface area (Å²) in [6, 6.07) is 3.02. The summed E-state index contributed by atoms with van der Waals surface area (Å²) in [4.78, 5) is 34.4. The normalized spacial score (nSPS) is 11.5. The molecule has 2 amide bonds. The molecule has 0 fully saturated rings. The maximum absolute atomic E-state index is 12.8. The van der Waals surface area contributed by atoms with Crippen molar-refractivity contribution in [2.45, 2.75) is 18.9 Å². The van der Waals surface area contributed by atoms with Gasteiger partial charge in [-0.1, -0.05) is 0 Å². The molecule has 1 rings (SSSR count). The summed E-state index contributed by atoms with van der Waals surface area (Å²) < 4.78 is 12.8. The summed E-state index contributed by atoms with van der Waals surface area (Å²) in [6.45, 7) is 0. The minimum atomic E-state index is -1.32. The van der Waals surface area contributed by atoms with E-state index in [1.165, 1.54) is 19.2 Å². The maximum Gasteiger partial charge on any atom is 0.326 e. The smallest absolute Gasteiger partial charge is 0.326 e. The molecule has 8 heteroatoms. The Morgan fingerprint density at radius 3 is 2.29 bits per heavy atom. The van der Waals surface area contributed by atoms with Crippen molar-refractivity contribution >= 4 is 23.7 Å². The second-order valence-corrected chi connectivity index (χ2v) is 4.31. The highest BCUT2D eigenvalue weighted by atomic mass is 19.1. The molecule has 0 aliphatic rings. The fourth-order valence-electron chi connectivity index (χ4n) is 1.55. The molecule has 1 atom stereocenters. The van der Waals surface area contributed by atoms with E-state index in [1.54, 1.807) is 0 Å². The van der Waals surface area contributed by atoms with Crippen LogP contribution in [0.25, 0.3) is 0 Å². The zero-order valence-electron chi connectivity index (χ0n) is 11.2. The van der Waals surface area contributed by atoms with Crippen molar-refractivity contribution in [2.24, 2.45) is 0 Å². The number of aliphatic carboxylic acids is 2. The molecule has 0 saturated carbocycles. The van der Waals surface area contributed by atoms with Crippen LogP contribution in [0.1, 0.15) is 12.8 Å². The molecule has 1 unspecified atom stereocenters. The minimum absolute atomic E-state index is 0.229. The van der Waals surface area contributed by atoms with Crippen LogP contribution in [0.3, 0.4) is 0 Å². The van der Waals surface area contributed by atoms with Gasteiger partial charge in [0.2, 0.25) is 0 Å². The molecular weight excluding hydrogens is 283 g/mol. The van der Waals surface area contributed by atoms with Gasteiger partial charge in [-0.2, -0.15) is 0 Å². The van der Waals surface area contributed by atoms with E-state index in [2.05, 4.69) is 5.32 Å². The molecule has 0 spiro atoms. The van der Waals surface area contributed by atoms with Crippen molar-refractivity contribution in [2.75, 3.05) is 11.9 Å². The molecule has 0 aromatic heterocycles. The quantitative estimate of drug-likeness (QED) is 0.733. The van der Waals surface area contributed by atoms with Crippen LogP contribution in [0, 0.1) is 5.82 Å². The number of carboxylic acids is 2. The summed E-state index contributed by atoms with van der Waals surface area (Å²) in [5.74, 6) is -2.93. The summed E-state index contributed by atoms with van der Waals surface area (Å²) in [5, 5.41) is 19.7. The largest absolute Gasteiger partial charge is 0.481 e. The van der Waals surface area contributed by atoms with Crippen LogP contribution < -0.4 is 10.2 Å². The van der Waals surface area contributed by atoms with Gasteiger partial charge in [0.25, 0.3) is 0 Å². The number of hydrogen-bond donors (Lipinski definition) is 3. The molecule has 0 bridgehead atoms. The van der Waals surface area contributed by atoms with Crippen molar-refractivity contribution < 1.29 is 29.0 Å². The number of hydrogen-bond acceptors (Lipinski definition) is 3. The summed E-state index contributed by atoms with van der Waals surface area (Å²) in [7, 11) is 1.39. The number of carboxylic acid groups (broad SMARTS) is 2. The second-order valence-electron chi connectivity index (χ2n) is 4.31. The molecule has 7 nitrogen and oxygen atoms in total. The van der Waals surface area contributed by atoms with E-state index < -0.39 is 29.8 Å². The van der Waals surface area contributed by atoms with E-state index in [-0.39, 0.29) is 12.8 Å². The Morgan fingerprint density at radius 2 is 1.81 bits per heavy atom. The summed E-state index contributed by atoms with van der Waals surface area (Å²) >= 11 is 0.